The van der Waals surface area contributed by atoms with Crippen LogP contribution in [0.1, 0.15) is 37.7 Å². The van der Waals surface area contributed by atoms with Crippen molar-refractivity contribution in [2.24, 2.45) is 5.73 Å². The molecule has 6 nitrogen and oxygen atoms in total. The van der Waals surface area contributed by atoms with Gasteiger partial charge in [0.1, 0.15) is 0 Å². The number of hydrogen-bond donors (Lipinski definition) is 2. The molecule has 1 heterocycles. The smallest absolute Gasteiger partial charge is 0.321 e. The first-order valence-electron chi connectivity index (χ1n) is 9.20. The molecule has 0 radical (unpaired) electrons. The fourth-order valence-corrected chi connectivity index (χ4v) is 3.02. The SMILES string of the molecule is Cc1cccc(NC(=O)N2CCN(C(=O)CCCCCCN)CC2)c1. The van der Waals surface area contributed by atoms with Crippen LogP contribution in [0, 0.1) is 6.92 Å². The number of urea groups is 1. The summed E-state index contributed by atoms with van der Waals surface area (Å²) in [5.41, 5.74) is 7.39. The number of carbonyl (C=O) groups is 2. The zero-order valence-corrected chi connectivity index (χ0v) is 15.2. The molecule has 2 rings (SSSR count). The van der Waals surface area contributed by atoms with Crippen LogP contribution in [0.5, 0.6) is 0 Å². The molecular weight excluding hydrogens is 316 g/mol. The topological polar surface area (TPSA) is 78.7 Å². The van der Waals surface area contributed by atoms with E-state index in [1.807, 2.05) is 36.1 Å². The number of carbonyl (C=O) groups excluding carboxylic acids is 2. The van der Waals surface area contributed by atoms with Gasteiger partial charge in [0.25, 0.3) is 0 Å². The first-order chi connectivity index (χ1) is 12.1. The minimum Gasteiger partial charge on any atom is -0.339 e. The summed E-state index contributed by atoms with van der Waals surface area (Å²) >= 11 is 0. The number of piperazine rings is 1. The number of amides is 3. The number of unbranched alkanes of at least 4 members (excludes halogenated alkanes) is 3. The maximum absolute atomic E-state index is 12.3. The molecule has 0 aliphatic carbocycles. The summed E-state index contributed by atoms with van der Waals surface area (Å²) in [6, 6.07) is 7.66. The molecule has 1 saturated heterocycles. The second kappa shape index (κ2) is 10.0. The molecule has 6 heteroatoms. The van der Waals surface area contributed by atoms with Crippen LogP contribution in [0.3, 0.4) is 0 Å². The molecule has 1 aliphatic heterocycles. The van der Waals surface area contributed by atoms with Crippen molar-refractivity contribution in [3.05, 3.63) is 29.8 Å². The number of hydrogen-bond acceptors (Lipinski definition) is 3. The van der Waals surface area contributed by atoms with E-state index in [0.717, 1.165) is 43.5 Å². The standard InChI is InChI=1S/C19H30N4O2/c1-16-7-6-8-17(15-16)21-19(25)23-13-11-22(12-14-23)18(24)9-4-2-3-5-10-20/h6-8,15H,2-5,9-14,20H2,1H3,(H,21,25). The molecule has 1 aromatic carbocycles. The van der Waals surface area contributed by atoms with E-state index in [9.17, 15) is 9.59 Å². The predicted octanol–water partition coefficient (Wildman–Crippen LogP) is 2.58. The maximum Gasteiger partial charge on any atom is 0.321 e. The normalized spacial score (nSPS) is 14.5. The molecular formula is C19H30N4O2. The fourth-order valence-electron chi connectivity index (χ4n) is 3.02. The van der Waals surface area contributed by atoms with Gasteiger partial charge >= 0.3 is 6.03 Å². The van der Waals surface area contributed by atoms with Gasteiger partial charge in [-0.05, 0) is 44.0 Å². The lowest BCUT2D eigenvalue weighted by molar-refractivity contribution is -0.132. The predicted molar refractivity (Wildman–Crippen MR) is 100 cm³/mol. The summed E-state index contributed by atoms with van der Waals surface area (Å²) < 4.78 is 0. The van der Waals surface area contributed by atoms with Gasteiger partial charge in [-0.3, -0.25) is 4.79 Å². The molecule has 25 heavy (non-hydrogen) atoms. The summed E-state index contributed by atoms with van der Waals surface area (Å²) in [7, 11) is 0. The molecule has 0 saturated carbocycles. The quantitative estimate of drug-likeness (QED) is 0.745. The molecule has 3 N–H and O–H groups in total. The third-order valence-corrected chi connectivity index (χ3v) is 4.53. The molecule has 138 valence electrons. The van der Waals surface area contributed by atoms with Gasteiger partial charge in [-0.25, -0.2) is 4.79 Å². The number of benzene rings is 1. The molecule has 0 unspecified atom stereocenters. The van der Waals surface area contributed by atoms with Gasteiger partial charge in [-0.15, -0.1) is 0 Å². The fraction of sp³-hybridized carbons (Fsp3) is 0.579. The summed E-state index contributed by atoms with van der Waals surface area (Å²) in [6.07, 6.45) is 4.70. The third kappa shape index (κ3) is 6.38. The molecule has 3 amide bonds. The van der Waals surface area contributed by atoms with E-state index in [2.05, 4.69) is 5.32 Å². The minimum atomic E-state index is -0.0977. The van der Waals surface area contributed by atoms with Crippen molar-refractivity contribution in [1.82, 2.24) is 9.80 Å². The Labute approximate surface area is 150 Å². The highest BCUT2D eigenvalue weighted by atomic mass is 16.2. The number of nitrogens with zero attached hydrogens (tertiary/aromatic N) is 2. The van der Waals surface area contributed by atoms with Crippen LogP contribution in [-0.4, -0.2) is 54.5 Å². The summed E-state index contributed by atoms with van der Waals surface area (Å²) in [5.74, 6) is 0.200. The summed E-state index contributed by atoms with van der Waals surface area (Å²) in [6.45, 7) is 5.11. The van der Waals surface area contributed by atoms with Crippen LogP contribution in [0.25, 0.3) is 0 Å². The number of nitrogens with one attached hydrogen (secondary N) is 1. The number of anilines is 1. The molecule has 1 fully saturated rings. The lowest BCUT2D eigenvalue weighted by Crippen LogP contribution is -2.51. The van der Waals surface area contributed by atoms with E-state index in [4.69, 9.17) is 5.73 Å². The zero-order valence-electron chi connectivity index (χ0n) is 15.2. The number of rotatable bonds is 7. The van der Waals surface area contributed by atoms with Gasteiger partial charge in [0.2, 0.25) is 5.91 Å². The lowest BCUT2D eigenvalue weighted by Gasteiger charge is -2.34. The number of aryl methyl sites for hydroxylation is 1. The monoisotopic (exact) mass is 346 g/mol. The van der Waals surface area contributed by atoms with Gasteiger partial charge in [0, 0.05) is 38.3 Å². The zero-order chi connectivity index (χ0) is 18.1. The second-order valence-corrected chi connectivity index (χ2v) is 6.62. The van der Waals surface area contributed by atoms with Gasteiger partial charge in [-0.2, -0.15) is 0 Å². The van der Waals surface area contributed by atoms with E-state index in [0.29, 0.717) is 32.6 Å². The highest BCUT2D eigenvalue weighted by Crippen LogP contribution is 2.12. The van der Waals surface area contributed by atoms with Gasteiger partial charge in [0.15, 0.2) is 0 Å². The van der Waals surface area contributed by atoms with Gasteiger partial charge < -0.3 is 20.9 Å². The van der Waals surface area contributed by atoms with Crippen molar-refractivity contribution < 1.29 is 9.59 Å². The lowest BCUT2D eigenvalue weighted by atomic mass is 10.1. The van der Waals surface area contributed by atoms with Crippen LogP contribution >= 0.6 is 0 Å². The largest absolute Gasteiger partial charge is 0.339 e. The van der Waals surface area contributed by atoms with E-state index >= 15 is 0 Å². The molecule has 0 aromatic heterocycles. The molecule has 0 spiro atoms. The van der Waals surface area contributed by atoms with Crippen molar-refractivity contribution in [1.29, 1.82) is 0 Å². The van der Waals surface area contributed by atoms with Crippen LogP contribution in [0.4, 0.5) is 10.5 Å². The van der Waals surface area contributed by atoms with Crippen LogP contribution in [-0.2, 0) is 4.79 Å². The van der Waals surface area contributed by atoms with Crippen molar-refractivity contribution >= 4 is 17.6 Å². The molecule has 1 aliphatic rings. The molecule has 0 atom stereocenters. The summed E-state index contributed by atoms with van der Waals surface area (Å²) in [4.78, 5) is 28.2. The van der Waals surface area contributed by atoms with Crippen LogP contribution in [0.2, 0.25) is 0 Å². The Hall–Kier alpha value is -2.08. The summed E-state index contributed by atoms with van der Waals surface area (Å²) in [5, 5.41) is 2.92. The Morgan fingerprint density at radius 3 is 2.40 bits per heavy atom. The maximum atomic E-state index is 12.3. The van der Waals surface area contributed by atoms with E-state index < -0.39 is 0 Å². The third-order valence-electron chi connectivity index (χ3n) is 4.53. The molecule has 1 aromatic rings. The highest BCUT2D eigenvalue weighted by Gasteiger charge is 2.23. The Kier molecular flexibility index (Phi) is 7.73. The Bertz CT molecular complexity index is 568. The highest BCUT2D eigenvalue weighted by molar-refractivity contribution is 5.89. The minimum absolute atomic E-state index is 0.0977. The first-order valence-corrected chi connectivity index (χ1v) is 9.20. The van der Waals surface area contributed by atoms with E-state index in [1.54, 1.807) is 4.90 Å². The van der Waals surface area contributed by atoms with Crippen molar-refractivity contribution in [2.45, 2.75) is 39.0 Å². The molecule has 0 bridgehead atoms. The van der Waals surface area contributed by atoms with Crippen LogP contribution in [0.15, 0.2) is 24.3 Å². The van der Waals surface area contributed by atoms with E-state index in [1.165, 1.54) is 0 Å². The second-order valence-electron chi connectivity index (χ2n) is 6.62. The number of nitrogens with two attached hydrogens (primary N) is 1. The first kappa shape index (κ1) is 19.2. The Balaban J connectivity index is 1.69. The van der Waals surface area contributed by atoms with E-state index in [-0.39, 0.29) is 11.9 Å². The Morgan fingerprint density at radius 2 is 1.72 bits per heavy atom. The van der Waals surface area contributed by atoms with Crippen molar-refractivity contribution in [2.75, 3.05) is 38.0 Å². The van der Waals surface area contributed by atoms with Crippen molar-refractivity contribution in [3.63, 3.8) is 0 Å². The van der Waals surface area contributed by atoms with Crippen molar-refractivity contribution in [3.8, 4) is 0 Å². The van der Waals surface area contributed by atoms with Gasteiger partial charge in [-0.1, -0.05) is 25.0 Å². The average molecular weight is 346 g/mol. The van der Waals surface area contributed by atoms with Crippen LogP contribution < -0.4 is 11.1 Å². The Morgan fingerprint density at radius 1 is 1.04 bits per heavy atom. The van der Waals surface area contributed by atoms with Gasteiger partial charge in [0.05, 0.1) is 0 Å². The average Bonchev–Trinajstić information content (AvgIpc) is 2.61.